The van der Waals surface area contributed by atoms with E-state index in [-0.39, 0.29) is 72.6 Å². The summed E-state index contributed by atoms with van der Waals surface area (Å²) in [5.41, 5.74) is 18.3. The number of Topliss-reactive ketones (excluding diaryl/α,β-unsaturated/α-hetero) is 3. The summed E-state index contributed by atoms with van der Waals surface area (Å²) in [5, 5.41) is 29.0. The number of carbonyl (C=O) groups excluding carboxylic acids is 5. The van der Waals surface area contributed by atoms with Crippen molar-refractivity contribution < 1.29 is 61.3 Å². The maximum absolute atomic E-state index is 13.3. The number of aromatic nitrogens is 16. The van der Waals surface area contributed by atoms with Crippen LogP contribution in [0.3, 0.4) is 0 Å². The fourth-order valence-electron chi connectivity index (χ4n) is 8.91. The van der Waals surface area contributed by atoms with Crippen LogP contribution < -0.4 is 43.4 Å². The molecule has 12 heterocycles. The van der Waals surface area contributed by atoms with Gasteiger partial charge in [0.25, 0.3) is 11.1 Å². The van der Waals surface area contributed by atoms with Crippen LogP contribution in [0.15, 0.2) is 132 Å². The third-order valence-corrected chi connectivity index (χ3v) is 15.4. The minimum absolute atomic E-state index is 0.0263. The summed E-state index contributed by atoms with van der Waals surface area (Å²) >= 11 is 29.3. The van der Waals surface area contributed by atoms with E-state index in [0.29, 0.717) is 62.0 Å². The second kappa shape index (κ2) is 39.1. The van der Waals surface area contributed by atoms with Crippen molar-refractivity contribution in [3.05, 3.63) is 209 Å². The van der Waals surface area contributed by atoms with Crippen LogP contribution >= 0.6 is 58.0 Å². The van der Waals surface area contributed by atoms with Crippen LogP contribution in [0, 0.1) is 17.6 Å². The summed E-state index contributed by atoms with van der Waals surface area (Å²) in [4.78, 5) is 119. The van der Waals surface area contributed by atoms with Crippen LogP contribution in [0.25, 0.3) is 28.4 Å². The summed E-state index contributed by atoms with van der Waals surface area (Å²) in [6.45, 7) is 14.9. The van der Waals surface area contributed by atoms with Gasteiger partial charge in [0.05, 0.1) is 64.4 Å². The van der Waals surface area contributed by atoms with E-state index < -0.39 is 52.5 Å². The van der Waals surface area contributed by atoms with Crippen LogP contribution in [0.1, 0.15) is 117 Å². The number of hydrogen-bond acceptors (Lipinski definition) is 25. The smallest absolute Gasteiger partial charge is 0.414 e. The van der Waals surface area contributed by atoms with Crippen LogP contribution in [0.5, 0.6) is 0 Å². The summed E-state index contributed by atoms with van der Waals surface area (Å²) in [6, 6.07) is 17.7. The number of carbonyl (C=O) groups is 6. The van der Waals surface area contributed by atoms with Crippen molar-refractivity contribution in [1.29, 1.82) is 0 Å². The van der Waals surface area contributed by atoms with Crippen LogP contribution in [0.4, 0.5) is 51.2 Å². The number of nitrogen functional groups attached to an aromatic ring is 2. The number of carboxylic acids is 1. The van der Waals surface area contributed by atoms with Gasteiger partial charge in [0.2, 0.25) is 5.95 Å². The number of amides is 2. The molecule has 588 valence electrons. The van der Waals surface area contributed by atoms with Gasteiger partial charge in [-0.2, -0.15) is 24.8 Å². The third-order valence-electron chi connectivity index (χ3n) is 14.4. The average Bonchev–Trinajstić information content (AvgIpc) is 1.76. The van der Waals surface area contributed by atoms with E-state index in [9.17, 15) is 51.5 Å². The number of nitrogens with one attached hydrogen (secondary N) is 2. The number of rotatable bonds is 9. The van der Waals surface area contributed by atoms with Gasteiger partial charge in [-0.1, -0.05) is 58.0 Å². The minimum Gasteiger partial charge on any atom is -0.476 e. The number of anilines is 5. The zero-order valence-corrected chi connectivity index (χ0v) is 65.2. The first-order chi connectivity index (χ1) is 52.1. The van der Waals surface area contributed by atoms with Gasteiger partial charge in [0.15, 0.2) is 83.7 Å². The predicted octanol–water partition coefficient (Wildman–Crippen LogP) is 11.7. The van der Waals surface area contributed by atoms with E-state index in [1.807, 2.05) is 0 Å². The highest BCUT2D eigenvalue weighted by molar-refractivity contribution is 6.36. The van der Waals surface area contributed by atoms with Crippen molar-refractivity contribution in [2.45, 2.75) is 98.5 Å². The molecule has 9 N–H and O–H groups in total. The Balaban J connectivity index is 0.000000203. The van der Waals surface area contributed by atoms with Gasteiger partial charge in [0.1, 0.15) is 28.3 Å². The minimum atomic E-state index is -1.20. The molecule has 0 aromatic carbocycles. The Labute approximate surface area is 654 Å². The largest absolute Gasteiger partial charge is 0.476 e. The lowest BCUT2D eigenvalue weighted by Crippen LogP contribution is -2.45. The molecule has 0 unspecified atom stereocenters. The number of methoxy groups -OCH3 is 1. The van der Waals surface area contributed by atoms with Gasteiger partial charge >= 0.3 is 18.2 Å². The predicted molar refractivity (Wildman–Crippen MR) is 411 cm³/mol. The number of hydrogen-bond donors (Lipinski definition) is 6. The lowest BCUT2D eigenvalue weighted by Gasteiger charge is -2.31. The Kier molecular flexibility index (Phi) is 31.0. The molecule has 1 aliphatic rings. The second-order valence-corrected chi connectivity index (χ2v) is 26.9. The Morgan fingerprint density at radius 1 is 0.586 bits per heavy atom. The molecule has 2 amide bonds. The summed E-state index contributed by atoms with van der Waals surface area (Å²) in [6.07, 6.45) is 12.5. The standard InChI is InChI=1S/C14H17ClN4O3.C13H15ClN4O4.C10H8FN3O.C9H9ClN4O.C8H5Cl2N3O.C5H3F2N.C5H6N2O.C5H11NO/c1-8(20)10-7-16-12-9(6-11(15)17-19(10)12)18(5)13(21)22-14(2,3)4;1-13(2,3)22-12(21)17(4)7-5-9(14)16-18-8(11(19)20)6-15-10(7)18;11-7-3-1-5-13-9(7)14-6-2-4-8(12)10(14)15;1-5(15)7-4-12-9-6(11-2)3-8(10)13-14(7)9;1-4(14)6-3-11-8-5(9)2-7(10)12-13(6)8;6-4-2-1-3-8-5(4)7;6-4-2-1-3-7-5(4)8;1-7-5-3-2-4(5)6/h6-7H,1-5H3;5-6H,1-4H3,(H,19,20);1-6H,12H2;3-4,11H,1-2H3;2-3H,1H3;1-3H;1-3H,6H2,(H,7,8);4-5H,2-3,6H2,1H3/t;;;;;;;4-,5-/m.......1/s1. The van der Waals surface area contributed by atoms with Crippen molar-refractivity contribution >= 4 is 145 Å². The SMILES string of the molecule is CC(=O)c1cnc2c(Cl)cc(Cl)nn12.CC(=O)c1cnc2c(N(C)C(=O)OC(C)(C)C)cc(Cl)nn12.CN(C(=O)OC(C)(C)C)c1cc(Cl)nn2c(C(=O)O)cnc12.CNc1cc(Cl)nn2c(C(C)=O)cnc12.CO[C@@H]1CC[C@H]1N.Fc1cccnc1F.Nc1ccc[nH]c1=O.Nc1cccn(-c2ncccc2F)c1=O. The molecule has 42 heteroatoms. The number of H-pyrrole nitrogens is 1. The number of halogens is 8. The van der Waals surface area contributed by atoms with Crippen molar-refractivity contribution in [2.24, 2.45) is 5.73 Å². The van der Waals surface area contributed by atoms with Gasteiger partial charge in [-0.05, 0) is 109 Å². The van der Waals surface area contributed by atoms with Crippen LogP contribution in [-0.2, 0) is 14.2 Å². The molecule has 12 aromatic rings. The number of ether oxygens (including phenoxy) is 3. The highest BCUT2D eigenvalue weighted by Gasteiger charge is 2.28. The van der Waals surface area contributed by atoms with Gasteiger partial charge in [-0.3, -0.25) is 38.3 Å². The first-order valence-electron chi connectivity index (χ1n) is 32.3. The fraction of sp³-hybridized carbons (Fsp3) is 0.275. The van der Waals surface area contributed by atoms with E-state index in [1.165, 1.54) is 131 Å². The van der Waals surface area contributed by atoms with Crippen molar-refractivity contribution in [3.63, 3.8) is 0 Å². The molecule has 34 nitrogen and oxygen atoms in total. The van der Waals surface area contributed by atoms with E-state index in [0.717, 1.165) is 39.9 Å². The summed E-state index contributed by atoms with van der Waals surface area (Å²) in [7, 11) is 6.49. The first kappa shape index (κ1) is 88.2. The maximum atomic E-state index is 13.3. The number of imidazole rings is 4. The molecule has 1 fully saturated rings. The summed E-state index contributed by atoms with van der Waals surface area (Å²) < 4.78 is 58.8. The number of nitrogens with two attached hydrogens (primary N) is 3. The molecule has 1 saturated carbocycles. The maximum Gasteiger partial charge on any atom is 0.414 e. The quantitative estimate of drug-likeness (QED) is 0.0577. The Hall–Kier alpha value is -11.7. The first-order valence-corrected chi connectivity index (χ1v) is 34.2. The Morgan fingerprint density at radius 2 is 1.02 bits per heavy atom. The van der Waals surface area contributed by atoms with Crippen molar-refractivity contribution in [3.8, 4) is 5.82 Å². The monoisotopic (exact) mass is 1630 g/mol. The number of nitrogens with zero attached hydrogens (tertiary/aromatic N) is 17. The molecule has 0 radical (unpaired) electrons. The number of fused-ring (bicyclic) bond motifs is 4. The highest BCUT2D eigenvalue weighted by atomic mass is 35.5. The lowest BCUT2D eigenvalue weighted by atomic mass is 9.90. The molecule has 12 aromatic heterocycles. The van der Waals surface area contributed by atoms with Gasteiger partial charge in [-0.25, -0.2) is 71.1 Å². The van der Waals surface area contributed by atoms with Crippen LogP contribution in [0.2, 0.25) is 25.6 Å². The number of aromatic amines is 1. The van der Waals surface area contributed by atoms with E-state index in [1.54, 1.807) is 93.2 Å². The zero-order valence-electron chi connectivity index (χ0n) is 61.4. The molecule has 111 heavy (non-hydrogen) atoms. The second-order valence-electron chi connectivity index (χ2n) is 24.9. The van der Waals surface area contributed by atoms with E-state index >= 15 is 0 Å². The van der Waals surface area contributed by atoms with E-state index in [2.05, 4.69) is 60.6 Å². The summed E-state index contributed by atoms with van der Waals surface area (Å²) in [5.74, 6) is -4.20. The van der Waals surface area contributed by atoms with Crippen molar-refractivity contribution in [2.75, 3.05) is 54.8 Å². The topological polar surface area (TPSA) is 448 Å². The Morgan fingerprint density at radius 3 is 1.41 bits per heavy atom. The molecule has 1 aliphatic carbocycles. The average molecular weight is 1640 g/mol. The fourth-order valence-corrected chi connectivity index (χ4v) is 9.93. The zero-order chi connectivity index (χ0) is 82.7. The molecular weight excluding hydrogens is 1560 g/mol. The normalized spacial score (nSPS) is 12.6. The molecule has 2 atom stereocenters. The van der Waals surface area contributed by atoms with Crippen LogP contribution in [-0.4, -0.2) is 170 Å². The van der Waals surface area contributed by atoms with Gasteiger partial charge < -0.3 is 46.8 Å². The number of aromatic carboxylic acids is 1. The van der Waals surface area contributed by atoms with Gasteiger partial charge in [-0.15, -0.1) is 0 Å². The molecule has 13 rings (SSSR count). The number of pyridine rings is 4. The molecule has 0 spiro atoms. The third kappa shape index (κ3) is 24.1. The van der Waals surface area contributed by atoms with Crippen molar-refractivity contribution in [1.82, 2.24) is 77.9 Å². The Bertz CT molecular complexity index is 5320. The van der Waals surface area contributed by atoms with Gasteiger partial charge in [0, 0.05) is 98.1 Å². The molecule has 0 aliphatic heterocycles. The lowest BCUT2D eigenvalue weighted by molar-refractivity contribution is 0.0213. The highest BCUT2D eigenvalue weighted by Crippen LogP contribution is 2.28. The molecule has 0 saturated heterocycles. The van der Waals surface area contributed by atoms with E-state index in [4.69, 9.17) is 94.5 Å². The molecular formula is C69H74Cl5F3N22O12. The number of carboxylic acid groups (broad SMARTS) is 1. The molecule has 0 bridgehead atoms. The number of ketones is 3.